The van der Waals surface area contributed by atoms with E-state index in [1.807, 2.05) is 0 Å². The third-order valence-corrected chi connectivity index (χ3v) is 4.77. The minimum atomic E-state index is -0.772. The number of carbonyl (C=O) groups is 2. The predicted molar refractivity (Wildman–Crippen MR) is 90.2 cm³/mol. The van der Waals surface area contributed by atoms with Crippen molar-refractivity contribution >= 4 is 17.7 Å². The molecule has 2 aliphatic carbocycles. The summed E-state index contributed by atoms with van der Waals surface area (Å²) in [4.78, 5) is 23.2. The van der Waals surface area contributed by atoms with Crippen molar-refractivity contribution in [3.05, 3.63) is 24.0 Å². The molecule has 2 fully saturated rings. The summed E-state index contributed by atoms with van der Waals surface area (Å²) in [6.45, 7) is 0.527. The van der Waals surface area contributed by atoms with Crippen LogP contribution in [0.2, 0.25) is 0 Å². The van der Waals surface area contributed by atoms with Gasteiger partial charge in [0.25, 0.3) is 0 Å². The fourth-order valence-electron chi connectivity index (χ4n) is 3.04. The molecule has 0 heterocycles. The number of benzene rings is 1. The molecular formula is C18H23FN2O4. The number of amides is 2. The van der Waals surface area contributed by atoms with Crippen LogP contribution >= 0.6 is 0 Å². The Labute approximate surface area is 145 Å². The van der Waals surface area contributed by atoms with Crippen molar-refractivity contribution in [1.82, 2.24) is 5.32 Å². The van der Waals surface area contributed by atoms with Crippen LogP contribution in [0, 0.1) is 17.7 Å². The smallest absolute Gasteiger partial charge is 0.319 e. The third kappa shape index (κ3) is 5.08. The molecule has 3 N–H and O–H groups in total. The molecule has 25 heavy (non-hydrogen) atoms. The minimum absolute atomic E-state index is 0.0492. The number of halogens is 1. The molecular weight excluding hydrogens is 327 g/mol. The highest BCUT2D eigenvalue weighted by Gasteiger charge is 2.27. The maximum atomic E-state index is 13.4. The van der Waals surface area contributed by atoms with Crippen molar-refractivity contribution in [2.24, 2.45) is 11.8 Å². The lowest BCUT2D eigenvalue weighted by Gasteiger charge is -2.27. The Balaban J connectivity index is 1.53. The summed E-state index contributed by atoms with van der Waals surface area (Å²) in [5.41, 5.74) is 0.429. The van der Waals surface area contributed by atoms with E-state index in [2.05, 4.69) is 10.6 Å². The second-order valence-corrected chi connectivity index (χ2v) is 6.88. The molecule has 0 aliphatic heterocycles. The van der Waals surface area contributed by atoms with E-state index in [4.69, 9.17) is 9.84 Å². The number of carbonyl (C=O) groups excluding carboxylic acids is 1. The first-order chi connectivity index (χ1) is 12.0. The molecule has 3 rings (SSSR count). The lowest BCUT2D eigenvalue weighted by atomic mass is 9.86. The molecule has 0 unspecified atom stereocenters. The molecule has 0 saturated heterocycles. The molecule has 2 saturated carbocycles. The number of hydrogen-bond acceptors (Lipinski definition) is 3. The summed E-state index contributed by atoms with van der Waals surface area (Å²) in [6.07, 6.45) is 4.64. The molecule has 0 radical (unpaired) electrons. The average Bonchev–Trinajstić information content (AvgIpc) is 3.40. The first-order valence-corrected chi connectivity index (χ1v) is 8.74. The van der Waals surface area contributed by atoms with Crippen LogP contribution in [-0.2, 0) is 4.79 Å². The van der Waals surface area contributed by atoms with Crippen LogP contribution in [0.3, 0.4) is 0 Å². The van der Waals surface area contributed by atoms with Gasteiger partial charge in [0.1, 0.15) is 11.6 Å². The number of aliphatic carboxylic acids is 1. The number of urea groups is 1. The second-order valence-electron chi connectivity index (χ2n) is 6.88. The van der Waals surface area contributed by atoms with Crippen molar-refractivity contribution in [3.63, 3.8) is 0 Å². The van der Waals surface area contributed by atoms with Crippen molar-refractivity contribution in [3.8, 4) is 5.75 Å². The zero-order valence-electron chi connectivity index (χ0n) is 14.0. The molecule has 7 heteroatoms. The van der Waals surface area contributed by atoms with Gasteiger partial charge >= 0.3 is 12.0 Å². The monoisotopic (exact) mass is 350 g/mol. The van der Waals surface area contributed by atoms with Gasteiger partial charge in [0.05, 0.1) is 18.2 Å². The van der Waals surface area contributed by atoms with Crippen LogP contribution in [0.25, 0.3) is 0 Å². The molecule has 2 amide bonds. The zero-order valence-corrected chi connectivity index (χ0v) is 14.0. The van der Waals surface area contributed by atoms with Gasteiger partial charge in [-0.05, 0) is 56.6 Å². The Hall–Kier alpha value is -2.31. The summed E-state index contributed by atoms with van der Waals surface area (Å²) in [5.74, 6) is -0.651. The predicted octanol–water partition coefficient (Wildman–Crippen LogP) is 3.38. The van der Waals surface area contributed by atoms with E-state index >= 15 is 0 Å². The summed E-state index contributed by atoms with van der Waals surface area (Å²) in [5, 5.41) is 14.6. The SMILES string of the molecule is O=C(Nc1ccc(F)cc1OCC1CC1)NC1CCC(C(=O)O)CC1. The van der Waals surface area contributed by atoms with E-state index in [0.717, 1.165) is 12.8 Å². The van der Waals surface area contributed by atoms with E-state index in [0.29, 0.717) is 49.6 Å². The summed E-state index contributed by atoms with van der Waals surface area (Å²) in [6, 6.07) is 3.60. The average molecular weight is 350 g/mol. The van der Waals surface area contributed by atoms with E-state index in [1.54, 1.807) is 0 Å². The lowest BCUT2D eigenvalue weighted by molar-refractivity contribution is -0.142. The number of hydrogen-bond donors (Lipinski definition) is 3. The largest absolute Gasteiger partial charge is 0.491 e. The topological polar surface area (TPSA) is 87.7 Å². The van der Waals surface area contributed by atoms with Crippen LogP contribution in [0.4, 0.5) is 14.9 Å². The Morgan fingerprint density at radius 3 is 2.52 bits per heavy atom. The number of carboxylic acids is 1. The Morgan fingerprint density at radius 1 is 1.16 bits per heavy atom. The minimum Gasteiger partial charge on any atom is -0.491 e. The van der Waals surface area contributed by atoms with Crippen molar-refractivity contribution in [2.75, 3.05) is 11.9 Å². The van der Waals surface area contributed by atoms with Crippen LogP contribution in [0.1, 0.15) is 38.5 Å². The normalized spacial score (nSPS) is 22.9. The first kappa shape index (κ1) is 17.5. The second kappa shape index (κ2) is 7.72. The van der Waals surface area contributed by atoms with Gasteiger partial charge in [-0.1, -0.05) is 0 Å². The van der Waals surface area contributed by atoms with Gasteiger partial charge in [-0.3, -0.25) is 4.79 Å². The molecule has 6 nitrogen and oxygen atoms in total. The number of anilines is 1. The molecule has 0 bridgehead atoms. The summed E-state index contributed by atoms with van der Waals surface area (Å²) >= 11 is 0. The van der Waals surface area contributed by atoms with Gasteiger partial charge in [0.15, 0.2) is 0 Å². The van der Waals surface area contributed by atoms with Crippen LogP contribution in [0.5, 0.6) is 5.75 Å². The zero-order chi connectivity index (χ0) is 17.8. The van der Waals surface area contributed by atoms with Crippen molar-refractivity contribution in [1.29, 1.82) is 0 Å². The molecule has 0 aromatic heterocycles. The van der Waals surface area contributed by atoms with Crippen molar-refractivity contribution < 1.29 is 23.8 Å². The Morgan fingerprint density at radius 2 is 1.88 bits per heavy atom. The van der Waals surface area contributed by atoms with Gasteiger partial charge in [-0.15, -0.1) is 0 Å². The summed E-state index contributed by atoms with van der Waals surface area (Å²) in [7, 11) is 0. The number of nitrogens with one attached hydrogen (secondary N) is 2. The highest BCUT2D eigenvalue weighted by atomic mass is 19.1. The maximum absolute atomic E-state index is 13.4. The van der Waals surface area contributed by atoms with Gasteiger partial charge in [0, 0.05) is 12.1 Å². The van der Waals surface area contributed by atoms with E-state index in [9.17, 15) is 14.0 Å². The van der Waals surface area contributed by atoms with Gasteiger partial charge < -0.3 is 20.5 Å². The van der Waals surface area contributed by atoms with E-state index in [-0.39, 0.29) is 18.0 Å². The number of ether oxygens (including phenoxy) is 1. The highest BCUT2D eigenvalue weighted by Crippen LogP contribution is 2.32. The molecule has 2 aliphatic rings. The van der Waals surface area contributed by atoms with Crippen LogP contribution < -0.4 is 15.4 Å². The Bertz CT molecular complexity index is 640. The Kier molecular flexibility index (Phi) is 5.40. The molecule has 136 valence electrons. The fraction of sp³-hybridized carbons (Fsp3) is 0.556. The van der Waals surface area contributed by atoms with Crippen LogP contribution in [0.15, 0.2) is 18.2 Å². The van der Waals surface area contributed by atoms with E-state index < -0.39 is 11.8 Å². The quantitative estimate of drug-likeness (QED) is 0.734. The number of carboxylic acid groups (broad SMARTS) is 1. The lowest BCUT2D eigenvalue weighted by Crippen LogP contribution is -2.41. The molecule has 1 aromatic carbocycles. The first-order valence-electron chi connectivity index (χ1n) is 8.74. The molecule has 1 aromatic rings. The standard InChI is InChI=1S/C18H23FN2O4/c19-13-5-8-15(16(9-13)25-10-11-1-2-11)21-18(24)20-14-6-3-12(4-7-14)17(22)23/h5,8-9,11-12,14H,1-4,6-7,10H2,(H,22,23)(H2,20,21,24). The number of rotatable bonds is 6. The van der Waals surface area contributed by atoms with Gasteiger partial charge in [-0.25, -0.2) is 9.18 Å². The van der Waals surface area contributed by atoms with Gasteiger partial charge in [-0.2, -0.15) is 0 Å². The fourth-order valence-corrected chi connectivity index (χ4v) is 3.04. The van der Waals surface area contributed by atoms with E-state index in [1.165, 1.54) is 18.2 Å². The molecule has 0 atom stereocenters. The maximum Gasteiger partial charge on any atom is 0.319 e. The van der Waals surface area contributed by atoms with Gasteiger partial charge in [0.2, 0.25) is 0 Å². The van der Waals surface area contributed by atoms with Crippen molar-refractivity contribution in [2.45, 2.75) is 44.6 Å². The molecule has 0 spiro atoms. The highest BCUT2D eigenvalue weighted by molar-refractivity contribution is 5.91. The summed E-state index contributed by atoms with van der Waals surface area (Å²) < 4.78 is 19.1. The van der Waals surface area contributed by atoms with Crippen LogP contribution in [-0.4, -0.2) is 29.8 Å². The third-order valence-electron chi connectivity index (χ3n) is 4.77.